The maximum Gasteiger partial charge on any atom is 0.252 e. The Bertz CT molecular complexity index is 848. The van der Waals surface area contributed by atoms with E-state index in [0.717, 1.165) is 66.8 Å². The minimum absolute atomic E-state index is 0. The highest BCUT2D eigenvalue weighted by Crippen LogP contribution is 2.41. The Hall–Kier alpha value is -1.37. The van der Waals surface area contributed by atoms with Crippen molar-refractivity contribution in [3.8, 4) is 0 Å². The summed E-state index contributed by atoms with van der Waals surface area (Å²) >= 11 is 0. The molecule has 4 rings (SSSR count). The highest BCUT2D eigenvalue weighted by atomic mass is 35.5. The van der Waals surface area contributed by atoms with Crippen LogP contribution in [0.25, 0.3) is 11.0 Å². The summed E-state index contributed by atoms with van der Waals surface area (Å²) in [5.41, 5.74) is 3.30. The van der Waals surface area contributed by atoms with Crippen LogP contribution in [0, 0.1) is 6.92 Å². The van der Waals surface area contributed by atoms with Gasteiger partial charge in [-0.05, 0) is 66.0 Å². The molecular formula is C20H31Cl2N5O. The van der Waals surface area contributed by atoms with E-state index in [4.69, 9.17) is 10.1 Å². The van der Waals surface area contributed by atoms with Crippen molar-refractivity contribution in [1.82, 2.24) is 25.4 Å². The third-order valence-corrected chi connectivity index (χ3v) is 5.34. The van der Waals surface area contributed by atoms with E-state index in [1.807, 2.05) is 17.7 Å². The number of halogens is 2. The van der Waals surface area contributed by atoms with Crippen LogP contribution in [0.2, 0.25) is 0 Å². The van der Waals surface area contributed by atoms with E-state index in [9.17, 15) is 4.79 Å². The summed E-state index contributed by atoms with van der Waals surface area (Å²) in [6.45, 7) is 10.2. The molecule has 1 atom stereocenters. The maximum atomic E-state index is 13.1. The summed E-state index contributed by atoms with van der Waals surface area (Å²) in [5.74, 6) is 0.496. The SMILES string of the molecule is Cc1nn(C(C)(C)C)c2nc(C3CC3)cc(C(=O)N[C@H]3CCCNC3)c12.Cl.Cl. The molecule has 1 saturated heterocycles. The highest BCUT2D eigenvalue weighted by molar-refractivity contribution is 6.06. The first-order valence-corrected chi connectivity index (χ1v) is 9.77. The molecule has 0 radical (unpaired) electrons. The molecule has 1 aliphatic carbocycles. The van der Waals surface area contributed by atoms with E-state index < -0.39 is 0 Å². The molecule has 6 nitrogen and oxygen atoms in total. The number of carbonyl (C=O) groups is 1. The van der Waals surface area contributed by atoms with Gasteiger partial charge in [-0.25, -0.2) is 9.67 Å². The number of hydrogen-bond donors (Lipinski definition) is 2. The lowest BCUT2D eigenvalue weighted by atomic mass is 10.0. The maximum absolute atomic E-state index is 13.1. The third-order valence-electron chi connectivity index (χ3n) is 5.34. The highest BCUT2D eigenvalue weighted by Gasteiger charge is 2.30. The van der Waals surface area contributed by atoms with Crippen LogP contribution in [0.1, 0.15) is 74.1 Å². The number of carbonyl (C=O) groups excluding carboxylic acids is 1. The van der Waals surface area contributed by atoms with Gasteiger partial charge in [0.2, 0.25) is 0 Å². The van der Waals surface area contributed by atoms with Gasteiger partial charge in [-0.3, -0.25) is 4.79 Å². The molecule has 0 aromatic carbocycles. The van der Waals surface area contributed by atoms with Crippen molar-refractivity contribution in [1.29, 1.82) is 0 Å². The fourth-order valence-corrected chi connectivity index (χ4v) is 3.78. The van der Waals surface area contributed by atoms with Gasteiger partial charge < -0.3 is 10.6 Å². The van der Waals surface area contributed by atoms with Crippen LogP contribution < -0.4 is 10.6 Å². The van der Waals surface area contributed by atoms with Crippen molar-refractivity contribution in [3.63, 3.8) is 0 Å². The van der Waals surface area contributed by atoms with Gasteiger partial charge in [0.1, 0.15) is 0 Å². The second-order valence-corrected chi connectivity index (χ2v) is 8.75. The van der Waals surface area contributed by atoms with Crippen molar-refractivity contribution in [3.05, 3.63) is 23.0 Å². The Morgan fingerprint density at radius 2 is 1.96 bits per heavy atom. The lowest BCUT2D eigenvalue weighted by molar-refractivity contribution is 0.0932. The van der Waals surface area contributed by atoms with Crippen LogP contribution in [0.15, 0.2) is 6.07 Å². The molecule has 1 aliphatic heterocycles. The summed E-state index contributed by atoms with van der Waals surface area (Å²) < 4.78 is 1.97. The Morgan fingerprint density at radius 1 is 1.25 bits per heavy atom. The molecule has 2 fully saturated rings. The van der Waals surface area contributed by atoms with Gasteiger partial charge in [0.25, 0.3) is 5.91 Å². The van der Waals surface area contributed by atoms with E-state index in [1.165, 1.54) is 0 Å². The number of piperidine rings is 1. The van der Waals surface area contributed by atoms with Crippen LogP contribution in [-0.2, 0) is 5.54 Å². The topological polar surface area (TPSA) is 71.8 Å². The summed E-state index contributed by atoms with van der Waals surface area (Å²) in [7, 11) is 0. The second-order valence-electron chi connectivity index (χ2n) is 8.75. The molecule has 28 heavy (non-hydrogen) atoms. The summed E-state index contributed by atoms with van der Waals surface area (Å²) in [4.78, 5) is 18.1. The number of aromatic nitrogens is 3. The zero-order valence-electron chi connectivity index (χ0n) is 17.0. The molecule has 0 spiro atoms. The third kappa shape index (κ3) is 4.44. The molecule has 3 heterocycles. The molecule has 2 aromatic heterocycles. The lowest BCUT2D eigenvalue weighted by Crippen LogP contribution is -2.45. The zero-order valence-corrected chi connectivity index (χ0v) is 18.7. The molecule has 0 unspecified atom stereocenters. The van der Waals surface area contributed by atoms with Gasteiger partial charge in [0.05, 0.1) is 22.2 Å². The number of nitrogens with one attached hydrogen (secondary N) is 2. The number of rotatable bonds is 3. The Balaban J connectivity index is 0.00000140. The fourth-order valence-electron chi connectivity index (χ4n) is 3.78. The molecule has 8 heteroatoms. The van der Waals surface area contributed by atoms with Crippen LogP contribution in [0.5, 0.6) is 0 Å². The first-order chi connectivity index (χ1) is 12.3. The molecule has 0 bridgehead atoms. The van der Waals surface area contributed by atoms with Crippen molar-refractivity contribution in [2.75, 3.05) is 13.1 Å². The Labute approximate surface area is 179 Å². The second kappa shape index (κ2) is 8.56. The van der Waals surface area contributed by atoms with Crippen molar-refractivity contribution in [2.45, 2.75) is 70.9 Å². The predicted molar refractivity (Wildman–Crippen MR) is 117 cm³/mol. The fraction of sp³-hybridized carbons (Fsp3) is 0.650. The van der Waals surface area contributed by atoms with Crippen LogP contribution >= 0.6 is 24.8 Å². The van der Waals surface area contributed by atoms with Crippen molar-refractivity contribution in [2.24, 2.45) is 0 Å². The van der Waals surface area contributed by atoms with Gasteiger partial charge in [-0.2, -0.15) is 5.10 Å². The van der Waals surface area contributed by atoms with Gasteiger partial charge in [0.15, 0.2) is 5.65 Å². The van der Waals surface area contributed by atoms with E-state index in [2.05, 4.69) is 31.4 Å². The van der Waals surface area contributed by atoms with Crippen LogP contribution in [0.3, 0.4) is 0 Å². The van der Waals surface area contributed by atoms with E-state index in [1.54, 1.807) is 0 Å². The molecule has 1 saturated carbocycles. The number of fused-ring (bicyclic) bond motifs is 1. The predicted octanol–water partition coefficient (Wildman–Crippen LogP) is 3.70. The van der Waals surface area contributed by atoms with Crippen molar-refractivity contribution < 1.29 is 4.79 Å². The molecule has 2 aliphatic rings. The number of aryl methyl sites for hydroxylation is 1. The Kier molecular flexibility index (Phi) is 7.00. The standard InChI is InChI=1S/C20H29N5O.2ClH/c1-12-17-15(19(26)22-14-6-5-9-21-11-14)10-16(13-7-8-13)23-18(17)25(24-12)20(2,3)4;;/h10,13-14,21H,5-9,11H2,1-4H3,(H,22,26);2*1H/t14-;;/m0../s1. The average Bonchev–Trinajstić information content (AvgIpc) is 3.38. The number of hydrogen-bond acceptors (Lipinski definition) is 4. The summed E-state index contributed by atoms with van der Waals surface area (Å²) in [6.07, 6.45) is 4.46. The minimum atomic E-state index is -0.178. The quantitative estimate of drug-likeness (QED) is 0.782. The van der Waals surface area contributed by atoms with Crippen molar-refractivity contribution >= 4 is 41.8 Å². The molecular weight excluding hydrogens is 397 g/mol. The summed E-state index contributed by atoms with van der Waals surface area (Å²) in [6, 6.07) is 2.20. The van der Waals surface area contributed by atoms with E-state index in [0.29, 0.717) is 5.92 Å². The van der Waals surface area contributed by atoms with Crippen LogP contribution in [-0.4, -0.2) is 39.8 Å². The Morgan fingerprint density at radius 3 is 2.54 bits per heavy atom. The van der Waals surface area contributed by atoms with Crippen LogP contribution in [0.4, 0.5) is 0 Å². The van der Waals surface area contributed by atoms with Gasteiger partial charge >= 0.3 is 0 Å². The molecule has 2 aromatic rings. The summed E-state index contributed by atoms with van der Waals surface area (Å²) in [5, 5.41) is 12.2. The number of nitrogens with zero attached hydrogens (tertiary/aromatic N) is 3. The normalized spacial score (nSPS) is 19.6. The zero-order chi connectivity index (χ0) is 18.5. The first-order valence-electron chi connectivity index (χ1n) is 9.77. The number of amides is 1. The first kappa shape index (κ1) is 22.9. The number of pyridine rings is 1. The largest absolute Gasteiger partial charge is 0.348 e. The molecule has 2 N–H and O–H groups in total. The van der Waals surface area contributed by atoms with Gasteiger partial charge in [-0.1, -0.05) is 0 Å². The van der Waals surface area contributed by atoms with Gasteiger partial charge in [-0.15, -0.1) is 24.8 Å². The molecule has 1 amide bonds. The average molecular weight is 428 g/mol. The smallest absolute Gasteiger partial charge is 0.252 e. The molecule has 156 valence electrons. The van der Waals surface area contributed by atoms with Gasteiger partial charge in [0, 0.05) is 24.2 Å². The monoisotopic (exact) mass is 427 g/mol. The van der Waals surface area contributed by atoms with E-state index >= 15 is 0 Å². The van der Waals surface area contributed by atoms with E-state index in [-0.39, 0.29) is 42.3 Å². The minimum Gasteiger partial charge on any atom is -0.348 e. The lowest BCUT2D eigenvalue weighted by Gasteiger charge is -2.24.